The first-order valence-corrected chi connectivity index (χ1v) is 11.6. The Morgan fingerprint density at radius 2 is 1.65 bits per heavy atom. The van der Waals surface area contributed by atoms with Gasteiger partial charge in [-0.3, -0.25) is 9.59 Å². The Labute approximate surface area is 182 Å². The molecule has 31 heavy (non-hydrogen) atoms. The van der Waals surface area contributed by atoms with E-state index < -0.39 is 10.0 Å². The van der Waals surface area contributed by atoms with Crippen LogP contribution in [0.15, 0.2) is 53.4 Å². The van der Waals surface area contributed by atoms with Crippen molar-refractivity contribution < 1.29 is 27.5 Å². The summed E-state index contributed by atoms with van der Waals surface area (Å²) in [4.78, 5) is 23.8. The van der Waals surface area contributed by atoms with Gasteiger partial charge >= 0.3 is 5.97 Å². The van der Waals surface area contributed by atoms with Gasteiger partial charge in [0.15, 0.2) is 6.61 Å². The Bertz CT molecular complexity index is 997. The number of anilines is 1. The number of carbonyl (C=O) groups excluding carboxylic acids is 2. The molecule has 0 unspecified atom stereocenters. The molecule has 2 aromatic rings. The fourth-order valence-corrected chi connectivity index (χ4v) is 4.73. The van der Waals surface area contributed by atoms with Crippen LogP contribution in [0.25, 0.3) is 0 Å². The molecule has 1 aliphatic heterocycles. The van der Waals surface area contributed by atoms with Crippen LogP contribution in [0.3, 0.4) is 0 Å². The van der Waals surface area contributed by atoms with Crippen LogP contribution in [-0.4, -0.2) is 50.9 Å². The van der Waals surface area contributed by atoms with Crippen molar-refractivity contribution in [3.63, 3.8) is 0 Å². The largest absolute Gasteiger partial charge is 0.484 e. The number of hydrogen-bond acceptors (Lipinski definition) is 6. The third-order valence-corrected chi connectivity index (χ3v) is 6.70. The molecule has 9 heteroatoms. The van der Waals surface area contributed by atoms with Gasteiger partial charge in [-0.05, 0) is 61.7 Å². The first-order valence-electron chi connectivity index (χ1n) is 10.2. The van der Waals surface area contributed by atoms with Crippen molar-refractivity contribution in [1.82, 2.24) is 4.31 Å². The highest BCUT2D eigenvalue weighted by atomic mass is 32.2. The summed E-state index contributed by atoms with van der Waals surface area (Å²) in [6, 6.07) is 12.9. The van der Waals surface area contributed by atoms with Crippen molar-refractivity contribution >= 4 is 27.6 Å². The quantitative estimate of drug-likeness (QED) is 0.594. The van der Waals surface area contributed by atoms with Gasteiger partial charge < -0.3 is 14.8 Å². The van der Waals surface area contributed by atoms with E-state index in [2.05, 4.69) is 5.32 Å². The number of sulfonamides is 1. The summed E-state index contributed by atoms with van der Waals surface area (Å²) >= 11 is 0. The molecule has 0 radical (unpaired) electrons. The number of rotatable bonds is 9. The Balaban J connectivity index is 1.49. The lowest BCUT2D eigenvalue weighted by Gasteiger charge is -2.15. The first-order chi connectivity index (χ1) is 14.9. The number of ether oxygens (including phenoxy) is 2. The van der Waals surface area contributed by atoms with Gasteiger partial charge in [-0.2, -0.15) is 4.31 Å². The lowest BCUT2D eigenvalue weighted by atomic mass is 10.1. The van der Waals surface area contributed by atoms with Gasteiger partial charge in [-0.25, -0.2) is 8.42 Å². The Morgan fingerprint density at radius 1 is 1.00 bits per heavy atom. The van der Waals surface area contributed by atoms with E-state index in [1.807, 2.05) is 0 Å². The van der Waals surface area contributed by atoms with E-state index in [0.29, 0.717) is 31.1 Å². The molecule has 1 amide bonds. The average Bonchev–Trinajstić information content (AvgIpc) is 3.30. The van der Waals surface area contributed by atoms with Crippen LogP contribution in [0, 0.1) is 0 Å². The number of carbonyl (C=O) groups is 2. The fourth-order valence-electron chi connectivity index (χ4n) is 3.22. The number of amides is 1. The van der Waals surface area contributed by atoms with Crippen molar-refractivity contribution in [3.8, 4) is 5.75 Å². The third-order valence-electron chi connectivity index (χ3n) is 4.79. The molecule has 2 aromatic carbocycles. The molecule has 1 N–H and O–H groups in total. The summed E-state index contributed by atoms with van der Waals surface area (Å²) in [5, 5.41) is 2.71. The molecule has 1 saturated heterocycles. The third kappa shape index (κ3) is 6.28. The summed E-state index contributed by atoms with van der Waals surface area (Å²) in [7, 11) is -3.47. The highest BCUT2D eigenvalue weighted by molar-refractivity contribution is 7.89. The summed E-state index contributed by atoms with van der Waals surface area (Å²) in [6.07, 6.45) is 1.93. The molecular formula is C22H26N2O6S. The average molecular weight is 447 g/mol. The minimum absolute atomic E-state index is 0.175. The van der Waals surface area contributed by atoms with Gasteiger partial charge in [-0.15, -0.1) is 0 Å². The Kier molecular flexibility index (Phi) is 7.64. The zero-order valence-electron chi connectivity index (χ0n) is 17.4. The lowest BCUT2D eigenvalue weighted by molar-refractivity contribution is -0.142. The minimum Gasteiger partial charge on any atom is -0.484 e. The smallest absolute Gasteiger partial charge is 0.310 e. The van der Waals surface area contributed by atoms with Crippen molar-refractivity contribution in [2.24, 2.45) is 0 Å². The van der Waals surface area contributed by atoms with Gasteiger partial charge in [0.25, 0.3) is 5.91 Å². The van der Waals surface area contributed by atoms with Gasteiger partial charge in [0.2, 0.25) is 10.0 Å². The summed E-state index contributed by atoms with van der Waals surface area (Å²) in [6.45, 7) is 2.96. The normalized spacial score (nSPS) is 14.2. The second kappa shape index (κ2) is 10.4. The topological polar surface area (TPSA) is 102 Å². The zero-order chi connectivity index (χ0) is 22.3. The van der Waals surface area contributed by atoms with Crippen molar-refractivity contribution in [2.45, 2.75) is 31.1 Å². The predicted molar refractivity (Wildman–Crippen MR) is 115 cm³/mol. The maximum Gasteiger partial charge on any atom is 0.310 e. The summed E-state index contributed by atoms with van der Waals surface area (Å²) in [5.41, 5.74) is 1.37. The second-order valence-electron chi connectivity index (χ2n) is 7.10. The highest BCUT2D eigenvalue weighted by Gasteiger charge is 2.26. The SMILES string of the molecule is CCOC(=O)Cc1ccc(NC(=O)COc2ccc(S(=O)(=O)N3CCCC3)cc2)cc1. The number of hydrogen-bond donors (Lipinski definition) is 1. The molecule has 3 rings (SSSR count). The predicted octanol–water partition coefficient (Wildman–Crippen LogP) is 2.59. The molecule has 0 aromatic heterocycles. The van der Waals surface area contributed by atoms with Crippen molar-refractivity contribution in [2.75, 3.05) is 31.6 Å². The van der Waals surface area contributed by atoms with E-state index in [4.69, 9.17) is 9.47 Å². The standard InChI is InChI=1S/C22H26N2O6S/c1-2-29-22(26)15-17-5-7-18(8-6-17)23-21(25)16-30-19-9-11-20(12-10-19)31(27,28)24-13-3-4-14-24/h5-12H,2-4,13-16H2,1H3,(H,23,25). The van der Waals surface area contributed by atoms with Gasteiger partial charge in [-0.1, -0.05) is 12.1 Å². The van der Waals surface area contributed by atoms with Crippen LogP contribution in [0.2, 0.25) is 0 Å². The van der Waals surface area contributed by atoms with E-state index in [0.717, 1.165) is 18.4 Å². The fraction of sp³-hybridized carbons (Fsp3) is 0.364. The number of benzene rings is 2. The molecular weight excluding hydrogens is 420 g/mol. The molecule has 0 saturated carbocycles. The number of nitrogens with one attached hydrogen (secondary N) is 1. The lowest BCUT2D eigenvalue weighted by Crippen LogP contribution is -2.27. The molecule has 166 valence electrons. The van der Waals surface area contributed by atoms with E-state index in [1.54, 1.807) is 43.3 Å². The maximum atomic E-state index is 12.5. The van der Waals surface area contributed by atoms with Crippen LogP contribution in [0.5, 0.6) is 5.75 Å². The molecule has 1 heterocycles. The Morgan fingerprint density at radius 3 is 2.26 bits per heavy atom. The van der Waals surface area contributed by atoms with Crippen LogP contribution < -0.4 is 10.1 Å². The van der Waals surface area contributed by atoms with Crippen LogP contribution in [0.4, 0.5) is 5.69 Å². The molecule has 0 bridgehead atoms. The van der Waals surface area contributed by atoms with E-state index >= 15 is 0 Å². The van der Waals surface area contributed by atoms with Crippen LogP contribution >= 0.6 is 0 Å². The highest BCUT2D eigenvalue weighted by Crippen LogP contribution is 2.23. The maximum absolute atomic E-state index is 12.5. The minimum atomic E-state index is -3.47. The van der Waals surface area contributed by atoms with E-state index in [9.17, 15) is 18.0 Å². The van der Waals surface area contributed by atoms with Gasteiger partial charge in [0, 0.05) is 18.8 Å². The van der Waals surface area contributed by atoms with Crippen molar-refractivity contribution in [1.29, 1.82) is 0 Å². The summed E-state index contributed by atoms with van der Waals surface area (Å²) < 4.78 is 36.9. The van der Waals surface area contributed by atoms with Gasteiger partial charge in [0.05, 0.1) is 17.9 Å². The molecule has 0 spiro atoms. The summed E-state index contributed by atoms with van der Waals surface area (Å²) in [5.74, 6) is -0.251. The zero-order valence-corrected chi connectivity index (χ0v) is 18.2. The molecule has 1 aliphatic rings. The monoisotopic (exact) mass is 446 g/mol. The molecule has 1 fully saturated rings. The van der Waals surface area contributed by atoms with Crippen LogP contribution in [0.1, 0.15) is 25.3 Å². The number of nitrogens with zero attached hydrogens (tertiary/aromatic N) is 1. The second-order valence-corrected chi connectivity index (χ2v) is 9.04. The first kappa shape index (κ1) is 22.8. The Hall–Kier alpha value is -2.91. The van der Waals surface area contributed by atoms with E-state index in [1.165, 1.54) is 16.4 Å². The van der Waals surface area contributed by atoms with Crippen LogP contribution in [-0.2, 0) is 30.8 Å². The molecule has 0 atom stereocenters. The van der Waals surface area contributed by atoms with Gasteiger partial charge in [0.1, 0.15) is 5.75 Å². The van der Waals surface area contributed by atoms with Crippen molar-refractivity contribution in [3.05, 3.63) is 54.1 Å². The number of esters is 1. The molecule has 8 nitrogen and oxygen atoms in total. The van der Waals surface area contributed by atoms with E-state index in [-0.39, 0.29) is 29.8 Å². The molecule has 0 aliphatic carbocycles.